The summed E-state index contributed by atoms with van der Waals surface area (Å²) in [6.45, 7) is 0.213. The highest BCUT2D eigenvalue weighted by Crippen LogP contribution is 2.35. The molecule has 0 bridgehead atoms. The fourth-order valence-electron chi connectivity index (χ4n) is 2.30. The van der Waals surface area contributed by atoms with Gasteiger partial charge in [-0.1, -0.05) is 11.3 Å². The van der Waals surface area contributed by atoms with Crippen molar-refractivity contribution in [3.8, 4) is 11.3 Å². The van der Waals surface area contributed by atoms with Crippen molar-refractivity contribution < 1.29 is 14.3 Å². The van der Waals surface area contributed by atoms with E-state index >= 15 is 0 Å². The molecule has 94 valence electrons. The quantitative estimate of drug-likeness (QED) is 0.917. The SMILES string of the molecule is O=C(O)CCn1c2c(sc1=O)CCc1occc1-2. The molecule has 0 amide bonds. The predicted octanol–water partition coefficient (Wildman–Crippen LogP) is 1.74. The summed E-state index contributed by atoms with van der Waals surface area (Å²) in [6.07, 6.45) is 3.16. The third-order valence-electron chi connectivity index (χ3n) is 3.09. The van der Waals surface area contributed by atoms with E-state index in [0.717, 1.165) is 34.7 Å². The Morgan fingerprint density at radius 2 is 2.33 bits per heavy atom. The zero-order valence-corrected chi connectivity index (χ0v) is 10.3. The number of hydrogen-bond donors (Lipinski definition) is 1. The Labute approximate surface area is 106 Å². The number of furan rings is 1. The highest BCUT2D eigenvalue weighted by molar-refractivity contribution is 7.09. The summed E-state index contributed by atoms with van der Waals surface area (Å²) < 4.78 is 6.93. The maximum absolute atomic E-state index is 11.9. The van der Waals surface area contributed by atoms with Crippen molar-refractivity contribution in [1.82, 2.24) is 4.57 Å². The van der Waals surface area contributed by atoms with E-state index in [-0.39, 0.29) is 17.8 Å². The normalized spacial score (nSPS) is 13.1. The molecule has 6 heteroatoms. The number of fused-ring (bicyclic) bond motifs is 3. The Morgan fingerprint density at radius 1 is 1.50 bits per heavy atom. The molecule has 0 atom stereocenters. The molecule has 5 nitrogen and oxygen atoms in total. The number of thiazole rings is 1. The topological polar surface area (TPSA) is 72.4 Å². The van der Waals surface area contributed by atoms with E-state index < -0.39 is 5.97 Å². The number of carbonyl (C=O) groups is 1. The summed E-state index contributed by atoms with van der Waals surface area (Å²) in [5, 5.41) is 8.73. The number of aliphatic carboxylic acids is 1. The lowest BCUT2D eigenvalue weighted by atomic mass is 10.0. The van der Waals surface area contributed by atoms with E-state index in [0.29, 0.717) is 0 Å². The molecule has 1 N–H and O–H groups in total. The summed E-state index contributed by atoms with van der Waals surface area (Å²) >= 11 is 1.21. The van der Waals surface area contributed by atoms with Crippen LogP contribution in [0.2, 0.25) is 0 Å². The highest BCUT2D eigenvalue weighted by Gasteiger charge is 2.25. The van der Waals surface area contributed by atoms with E-state index in [1.165, 1.54) is 11.3 Å². The number of aromatic nitrogens is 1. The van der Waals surface area contributed by atoms with Crippen LogP contribution in [0.25, 0.3) is 11.3 Å². The first-order valence-corrected chi connectivity index (χ1v) is 6.49. The van der Waals surface area contributed by atoms with Gasteiger partial charge in [0.05, 0.1) is 18.4 Å². The minimum atomic E-state index is -0.898. The van der Waals surface area contributed by atoms with Crippen LogP contribution in [0.1, 0.15) is 17.1 Å². The largest absolute Gasteiger partial charge is 0.481 e. The zero-order chi connectivity index (χ0) is 12.7. The first-order valence-electron chi connectivity index (χ1n) is 5.68. The van der Waals surface area contributed by atoms with Gasteiger partial charge in [0.25, 0.3) is 0 Å². The Bertz CT molecular complexity index is 664. The van der Waals surface area contributed by atoms with Crippen LogP contribution >= 0.6 is 11.3 Å². The van der Waals surface area contributed by atoms with Gasteiger partial charge in [-0.2, -0.15) is 0 Å². The van der Waals surface area contributed by atoms with E-state index in [1.807, 2.05) is 6.07 Å². The summed E-state index contributed by atoms with van der Waals surface area (Å²) in [7, 11) is 0. The Hall–Kier alpha value is -1.82. The van der Waals surface area contributed by atoms with Crippen molar-refractivity contribution in [2.45, 2.75) is 25.8 Å². The van der Waals surface area contributed by atoms with Gasteiger partial charge in [-0.05, 0) is 12.5 Å². The van der Waals surface area contributed by atoms with E-state index in [4.69, 9.17) is 9.52 Å². The number of carboxylic acid groups (broad SMARTS) is 1. The summed E-state index contributed by atoms with van der Waals surface area (Å²) in [5.74, 6) is -0.0190. The molecular weight excluding hydrogens is 254 g/mol. The molecule has 0 fully saturated rings. The molecule has 0 spiro atoms. The smallest absolute Gasteiger partial charge is 0.307 e. The lowest BCUT2D eigenvalue weighted by Crippen LogP contribution is -2.17. The minimum absolute atomic E-state index is 0.0454. The van der Waals surface area contributed by atoms with Gasteiger partial charge in [0.2, 0.25) is 0 Å². The highest BCUT2D eigenvalue weighted by atomic mass is 32.1. The van der Waals surface area contributed by atoms with Gasteiger partial charge in [-0.25, -0.2) is 0 Å². The van der Waals surface area contributed by atoms with Gasteiger partial charge >= 0.3 is 10.8 Å². The van der Waals surface area contributed by atoms with Gasteiger partial charge in [-0.15, -0.1) is 0 Å². The molecule has 0 aliphatic heterocycles. The molecule has 0 aromatic carbocycles. The molecule has 3 rings (SSSR count). The fraction of sp³-hybridized carbons (Fsp3) is 0.333. The average molecular weight is 265 g/mol. The molecule has 0 saturated heterocycles. The van der Waals surface area contributed by atoms with Crippen molar-refractivity contribution in [3.63, 3.8) is 0 Å². The van der Waals surface area contributed by atoms with Crippen molar-refractivity contribution in [3.05, 3.63) is 32.6 Å². The molecule has 1 aliphatic carbocycles. The maximum atomic E-state index is 11.9. The molecule has 0 radical (unpaired) electrons. The summed E-state index contributed by atoms with van der Waals surface area (Å²) in [4.78, 5) is 23.5. The monoisotopic (exact) mass is 265 g/mol. The van der Waals surface area contributed by atoms with Crippen LogP contribution in [0.3, 0.4) is 0 Å². The molecule has 18 heavy (non-hydrogen) atoms. The van der Waals surface area contributed by atoms with E-state index in [1.54, 1.807) is 10.8 Å². The lowest BCUT2D eigenvalue weighted by Gasteiger charge is -2.13. The standard InChI is InChI=1S/C12H11NO4S/c14-10(15)3-5-13-11-7-4-6-17-8(7)1-2-9(11)18-12(13)16/h4,6H,1-3,5H2,(H,14,15). The second-order valence-corrected chi connectivity index (χ2v) is 5.24. The number of nitrogens with zero attached hydrogens (tertiary/aromatic N) is 1. The van der Waals surface area contributed by atoms with Crippen LogP contribution in [-0.2, 0) is 24.2 Å². The summed E-state index contributed by atoms with van der Waals surface area (Å²) in [5.41, 5.74) is 1.78. The second kappa shape index (κ2) is 4.13. The van der Waals surface area contributed by atoms with Gasteiger partial charge in [-0.3, -0.25) is 14.2 Å². The first-order chi connectivity index (χ1) is 8.66. The van der Waals surface area contributed by atoms with Crippen molar-refractivity contribution in [2.75, 3.05) is 0 Å². The fourth-order valence-corrected chi connectivity index (χ4v) is 3.32. The third-order valence-corrected chi connectivity index (χ3v) is 4.13. The summed E-state index contributed by atoms with van der Waals surface area (Å²) in [6, 6.07) is 1.84. The predicted molar refractivity (Wildman–Crippen MR) is 65.9 cm³/mol. The second-order valence-electron chi connectivity index (χ2n) is 4.19. The Balaban J connectivity index is 2.09. The molecule has 1 aliphatic rings. The molecular formula is C12H11NO4S. The Morgan fingerprint density at radius 3 is 3.11 bits per heavy atom. The molecule has 2 aromatic heterocycles. The van der Waals surface area contributed by atoms with Gasteiger partial charge in [0, 0.05) is 23.4 Å². The zero-order valence-electron chi connectivity index (χ0n) is 9.51. The number of aryl methyl sites for hydroxylation is 2. The van der Waals surface area contributed by atoms with Crippen LogP contribution < -0.4 is 4.87 Å². The van der Waals surface area contributed by atoms with Crippen molar-refractivity contribution in [1.29, 1.82) is 0 Å². The van der Waals surface area contributed by atoms with Gasteiger partial charge in [0.15, 0.2) is 0 Å². The number of hydrogen-bond acceptors (Lipinski definition) is 4. The van der Waals surface area contributed by atoms with Crippen LogP contribution in [0, 0.1) is 0 Å². The van der Waals surface area contributed by atoms with Gasteiger partial charge in [0.1, 0.15) is 5.76 Å². The molecule has 0 saturated carbocycles. The third kappa shape index (κ3) is 1.69. The maximum Gasteiger partial charge on any atom is 0.307 e. The van der Waals surface area contributed by atoms with Crippen LogP contribution in [0.15, 0.2) is 21.5 Å². The van der Waals surface area contributed by atoms with Crippen LogP contribution in [0.5, 0.6) is 0 Å². The lowest BCUT2D eigenvalue weighted by molar-refractivity contribution is -0.137. The average Bonchev–Trinajstić information content (AvgIpc) is 2.88. The minimum Gasteiger partial charge on any atom is -0.481 e. The van der Waals surface area contributed by atoms with Gasteiger partial charge < -0.3 is 9.52 Å². The number of carboxylic acids is 1. The van der Waals surface area contributed by atoms with E-state index in [2.05, 4.69) is 0 Å². The molecule has 0 unspecified atom stereocenters. The van der Waals surface area contributed by atoms with Crippen LogP contribution in [0.4, 0.5) is 0 Å². The first kappa shape index (κ1) is 11.3. The molecule has 2 heterocycles. The Kier molecular flexibility index (Phi) is 2.59. The molecule has 2 aromatic rings. The number of rotatable bonds is 3. The van der Waals surface area contributed by atoms with E-state index in [9.17, 15) is 9.59 Å². The van der Waals surface area contributed by atoms with Crippen molar-refractivity contribution in [2.24, 2.45) is 0 Å². The van der Waals surface area contributed by atoms with Crippen molar-refractivity contribution >= 4 is 17.3 Å². The van der Waals surface area contributed by atoms with Crippen LogP contribution in [-0.4, -0.2) is 15.6 Å².